The van der Waals surface area contributed by atoms with Crippen LogP contribution in [0.25, 0.3) is 22.0 Å². The molecule has 154 valence electrons. The summed E-state index contributed by atoms with van der Waals surface area (Å²) in [7, 11) is -3.64. The van der Waals surface area contributed by atoms with Crippen molar-refractivity contribution >= 4 is 26.7 Å². The van der Waals surface area contributed by atoms with E-state index in [0.29, 0.717) is 12.2 Å². The molecule has 0 spiro atoms. The van der Waals surface area contributed by atoms with Crippen LogP contribution in [-0.4, -0.2) is 35.9 Å². The van der Waals surface area contributed by atoms with E-state index in [1.807, 2.05) is 32.0 Å². The largest absolute Gasteiger partial charge is 0.393 e. The summed E-state index contributed by atoms with van der Waals surface area (Å²) in [4.78, 5) is 0.236. The van der Waals surface area contributed by atoms with Crippen molar-refractivity contribution in [3.8, 4) is 11.1 Å². The van der Waals surface area contributed by atoms with Gasteiger partial charge in [0.05, 0.1) is 16.5 Å². The van der Waals surface area contributed by atoms with E-state index in [4.69, 9.17) is 5.73 Å². The molecule has 1 saturated carbocycles. The van der Waals surface area contributed by atoms with Gasteiger partial charge in [0, 0.05) is 11.4 Å². The van der Waals surface area contributed by atoms with Gasteiger partial charge in [-0.25, -0.2) is 13.1 Å². The lowest BCUT2D eigenvalue weighted by molar-refractivity contribution is 0.117. The second kappa shape index (κ2) is 7.44. The molecule has 3 aromatic rings. The van der Waals surface area contributed by atoms with E-state index < -0.39 is 16.1 Å². The lowest BCUT2D eigenvalue weighted by atomic mass is 9.94. The summed E-state index contributed by atoms with van der Waals surface area (Å²) < 4.78 is 28.4. The number of aryl methyl sites for hydroxylation is 2. The fraction of sp³-hybridized carbons (Fsp3) is 0.381. The third-order valence-corrected chi connectivity index (χ3v) is 7.30. The molecule has 0 amide bonds. The van der Waals surface area contributed by atoms with E-state index in [0.717, 1.165) is 52.4 Å². The quantitative estimate of drug-likeness (QED) is 0.523. The van der Waals surface area contributed by atoms with Crippen LogP contribution in [0.4, 0.5) is 5.82 Å². The first-order valence-electron chi connectivity index (χ1n) is 9.81. The summed E-state index contributed by atoms with van der Waals surface area (Å²) in [5.41, 5.74) is 10.7. The predicted octanol–water partition coefficient (Wildman–Crippen LogP) is 3.01. The second-order valence-corrected chi connectivity index (χ2v) is 9.60. The third kappa shape index (κ3) is 3.75. The Morgan fingerprint density at radius 2 is 1.93 bits per heavy atom. The summed E-state index contributed by atoms with van der Waals surface area (Å²) >= 11 is 0. The van der Waals surface area contributed by atoms with Crippen LogP contribution < -0.4 is 10.5 Å². The molecule has 2 atom stereocenters. The van der Waals surface area contributed by atoms with Gasteiger partial charge in [-0.1, -0.05) is 12.1 Å². The number of fused-ring (bicyclic) bond motifs is 1. The average molecular weight is 415 g/mol. The van der Waals surface area contributed by atoms with Crippen LogP contribution in [0, 0.1) is 13.8 Å². The monoisotopic (exact) mass is 414 g/mol. The van der Waals surface area contributed by atoms with E-state index >= 15 is 0 Å². The van der Waals surface area contributed by atoms with Crippen molar-refractivity contribution < 1.29 is 13.5 Å². The zero-order valence-electron chi connectivity index (χ0n) is 16.6. The highest BCUT2D eigenvalue weighted by Crippen LogP contribution is 2.34. The highest BCUT2D eigenvalue weighted by atomic mass is 32.2. The smallest absolute Gasteiger partial charge is 0.240 e. The molecule has 0 saturated heterocycles. The molecule has 0 aliphatic heterocycles. The SMILES string of the molecule is Cc1cc(S(=O)(=O)NC2CCCC(O)C2)ccc1-c1ccc2[nH]nc(N)c2c1C. The van der Waals surface area contributed by atoms with Crippen molar-refractivity contribution in [2.24, 2.45) is 0 Å². The third-order valence-electron chi connectivity index (χ3n) is 5.78. The highest BCUT2D eigenvalue weighted by Gasteiger charge is 2.26. The van der Waals surface area contributed by atoms with Crippen molar-refractivity contribution in [2.45, 2.75) is 56.6 Å². The van der Waals surface area contributed by atoms with Gasteiger partial charge in [0.2, 0.25) is 10.0 Å². The fourth-order valence-electron chi connectivity index (χ4n) is 4.27. The van der Waals surface area contributed by atoms with Crippen LogP contribution in [0.5, 0.6) is 0 Å². The van der Waals surface area contributed by atoms with Gasteiger partial charge < -0.3 is 10.8 Å². The van der Waals surface area contributed by atoms with Crippen LogP contribution in [0.1, 0.15) is 36.8 Å². The molecular weight excluding hydrogens is 388 g/mol. The molecule has 0 radical (unpaired) electrons. The number of hydrogen-bond acceptors (Lipinski definition) is 5. The Morgan fingerprint density at radius 3 is 2.66 bits per heavy atom. The molecule has 8 heteroatoms. The fourth-order valence-corrected chi connectivity index (χ4v) is 5.64. The Hall–Kier alpha value is -2.42. The van der Waals surface area contributed by atoms with Gasteiger partial charge in [-0.3, -0.25) is 5.10 Å². The molecule has 7 nitrogen and oxygen atoms in total. The number of anilines is 1. The van der Waals surface area contributed by atoms with Crippen molar-refractivity contribution in [3.63, 3.8) is 0 Å². The van der Waals surface area contributed by atoms with E-state index in [-0.39, 0.29) is 10.9 Å². The van der Waals surface area contributed by atoms with Crippen LogP contribution >= 0.6 is 0 Å². The number of nitrogen functional groups attached to an aromatic ring is 1. The summed E-state index contributed by atoms with van der Waals surface area (Å²) in [5.74, 6) is 0.454. The first-order valence-corrected chi connectivity index (χ1v) is 11.3. The minimum absolute atomic E-state index is 0.225. The van der Waals surface area contributed by atoms with Crippen molar-refractivity contribution in [2.75, 3.05) is 5.73 Å². The van der Waals surface area contributed by atoms with Gasteiger partial charge in [-0.15, -0.1) is 0 Å². The van der Waals surface area contributed by atoms with E-state index in [1.54, 1.807) is 12.1 Å². The molecule has 1 aliphatic rings. The number of aliphatic hydroxyl groups is 1. The minimum atomic E-state index is -3.64. The number of aliphatic hydroxyl groups excluding tert-OH is 1. The maximum Gasteiger partial charge on any atom is 0.240 e. The van der Waals surface area contributed by atoms with Gasteiger partial charge in [-0.05, 0) is 80.0 Å². The molecule has 1 aromatic heterocycles. The predicted molar refractivity (Wildman–Crippen MR) is 114 cm³/mol. The molecule has 29 heavy (non-hydrogen) atoms. The number of rotatable bonds is 4. The Kier molecular flexibility index (Phi) is 5.10. The Bertz CT molecular complexity index is 1170. The molecule has 2 unspecified atom stereocenters. The molecule has 5 N–H and O–H groups in total. The Labute approximate surface area is 170 Å². The second-order valence-electron chi connectivity index (χ2n) is 7.88. The lowest BCUT2D eigenvalue weighted by Gasteiger charge is -2.26. The maximum absolute atomic E-state index is 12.8. The van der Waals surface area contributed by atoms with Gasteiger partial charge in [-0.2, -0.15) is 5.10 Å². The summed E-state index contributed by atoms with van der Waals surface area (Å²) in [6, 6.07) is 8.86. The molecule has 2 aromatic carbocycles. The Balaban J connectivity index is 1.66. The number of H-pyrrole nitrogens is 1. The first kappa shape index (κ1) is 19.9. The number of aromatic nitrogens is 2. The van der Waals surface area contributed by atoms with Gasteiger partial charge in [0.1, 0.15) is 0 Å². The van der Waals surface area contributed by atoms with Crippen molar-refractivity contribution in [1.29, 1.82) is 0 Å². The Morgan fingerprint density at radius 1 is 1.17 bits per heavy atom. The highest BCUT2D eigenvalue weighted by molar-refractivity contribution is 7.89. The number of nitrogens with zero attached hydrogens (tertiary/aromatic N) is 1. The van der Waals surface area contributed by atoms with Gasteiger partial charge >= 0.3 is 0 Å². The zero-order valence-corrected chi connectivity index (χ0v) is 17.4. The summed E-state index contributed by atoms with van der Waals surface area (Å²) in [6.07, 6.45) is 2.33. The molecular formula is C21H26N4O3S. The topological polar surface area (TPSA) is 121 Å². The molecule has 1 fully saturated rings. The standard InChI is InChI=1S/C21H26N4O3S/c1-12-10-16(29(27,28)25-14-4-3-5-15(26)11-14)6-7-17(12)18-8-9-19-20(13(18)2)21(22)24-23-19/h6-10,14-15,25-26H,3-5,11H2,1-2H3,(H3,22,23,24). The number of nitrogens with one attached hydrogen (secondary N) is 2. The van der Waals surface area contributed by atoms with Crippen LogP contribution in [0.2, 0.25) is 0 Å². The minimum Gasteiger partial charge on any atom is -0.393 e. The molecule has 1 heterocycles. The number of benzene rings is 2. The van der Waals surface area contributed by atoms with E-state index in [2.05, 4.69) is 14.9 Å². The summed E-state index contributed by atoms with van der Waals surface area (Å²) in [5, 5.41) is 17.7. The first-order chi connectivity index (χ1) is 13.8. The van der Waals surface area contributed by atoms with Gasteiger partial charge in [0.15, 0.2) is 5.82 Å². The maximum atomic E-state index is 12.8. The van der Waals surface area contributed by atoms with Crippen molar-refractivity contribution in [1.82, 2.24) is 14.9 Å². The van der Waals surface area contributed by atoms with Crippen LogP contribution in [0.15, 0.2) is 35.2 Å². The molecule has 0 bridgehead atoms. The van der Waals surface area contributed by atoms with Crippen LogP contribution in [-0.2, 0) is 10.0 Å². The lowest BCUT2D eigenvalue weighted by Crippen LogP contribution is -2.39. The summed E-state index contributed by atoms with van der Waals surface area (Å²) in [6.45, 7) is 3.89. The zero-order chi connectivity index (χ0) is 20.8. The number of aromatic amines is 1. The van der Waals surface area contributed by atoms with E-state index in [1.165, 1.54) is 0 Å². The number of hydrogen-bond donors (Lipinski definition) is 4. The van der Waals surface area contributed by atoms with E-state index in [9.17, 15) is 13.5 Å². The normalized spacial score (nSPS) is 20.2. The van der Waals surface area contributed by atoms with Crippen molar-refractivity contribution in [3.05, 3.63) is 41.5 Å². The van der Waals surface area contributed by atoms with Crippen LogP contribution in [0.3, 0.4) is 0 Å². The average Bonchev–Trinajstić information content (AvgIpc) is 3.04. The molecule has 4 rings (SSSR count). The number of sulfonamides is 1. The number of nitrogens with two attached hydrogens (primary N) is 1. The van der Waals surface area contributed by atoms with Gasteiger partial charge in [0.25, 0.3) is 0 Å². The molecule has 1 aliphatic carbocycles.